The van der Waals surface area contributed by atoms with Crippen LogP contribution >= 0.6 is 0 Å². The van der Waals surface area contributed by atoms with Crippen molar-refractivity contribution in [2.75, 3.05) is 5.32 Å². The average Bonchev–Trinajstić information content (AvgIpc) is 2.27. The molecule has 0 amide bonds. The molecule has 1 aromatic rings. The third-order valence-electron chi connectivity index (χ3n) is 3.79. The van der Waals surface area contributed by atoms with Gasteiger partial charge in [-0.3, -0.25) is 0 Å². The summed E-state index contributed by atoms with van der Waals surface area (Å²) in [7, 11) is 0. The lowest BCUT2D eigenvalue weighted by atomic mass is 9.70. The summed E-state index contributed by atoms with van der Waals surface area (Å²) >= 11 is 0. The van der Waals surface area contributed by atoms with E-state index in [1.165, 1.54) is 19.3 Å². The molecule has 0 radical (unpaired) electrons. The van der Waals surface area contributed by atoms with E-state index in [1.54, 1.807) is 0 Å². The molecule has 0 aliphatic heterocycles. The van der Waals surface area contributed by atoms with E-state index in [9.17, 15) is 0 Å². The molecule has 1 aliphatic rings. The first-order chi connectivity index (χ1) is 8.50. The molecule has 2 unspecified atom stereocenters. The minimum Gasteiger partial charge on any atom is -0.381 e. The Kier molecular flexibility index (Phi) is 3.61. The van der Waals surface area contributed by atoms with Crippen LogP contribution in [-0.4, -0.2) is 6.04 Å². The van der Waals surface area contributed by atoms with Gasteiger partial charge in [0.2, 0.25) is 0 Å². The van der Waals surface area contributed by atoms with Crippen LogP contribution in [0.5, 0.6) is 0 Å². The van der Waals surface area contributed by atoms with Gasteiger partial charge in [0.1, 0.15) is 6.07 Å². The summed E-state index contributed by atoms with van der Waals surface area (Å²) in [4.78, 5) is 0. The topological polar surface area (TPSA) is 35.8 Å². The fourth-order valence-electron chi connectivity index (χ4n) is 3.38. The molecular formula is C16H22N2. The van der Waals surface area contributed by atoms with E-state index in [2.05, 4.69) is 32.2 Å². The van der Waals surface area contributed by atoms with Gasteiger partial charge in [-0.25, -0.2) is 0 Å². The molecule has 0 heterocycles. The number of rotatable bonds is 2. The molecule has 0 aromatic heterocycles. The normalized spacial score (nSPS) is 26.3. The fraction of sp³-hybridized carbons (Fsp3) is 0.562. The van der Waals surface area contributed by atoms with Crippen LogP contribution < -0.4 is 5.32 Å². The number of nitriles is 1. The maximum atomic E-state index is 9.11. The number of hydrogen-bond donors (Lipinski definition) is 1. The van der Waals surface area contributed by atoms with Gasteiger partial charge in [0.15, 0.2) is 0 Å². The van der Waals surface area contributed by atoms with Gasteiger partial charge in [0.25, 0.3) is 0 Å². The van der Waals surface area contributed by atoms with Gasteiger partial charge in [-0.15, -0.1) is 0 Å². The summed E-state index contributed by atoms with van der Waals surface area (Å²) < 4.78 is 0. The van der Waals surface area contributed by atoms with Crippen LogP contribution in [0.15, 0.2) is 24.3 Å². The Morgan fingerprint density at radius 2 is 2.00 bits per heavy atom. The minimum absolute atomic E-state index is 0.400. The van der Waals surface area contributed by atoms with Crippen LogP contribution in [0.25, 0.3) is 0 Å². The first-order valence-corrected chi connectivity index (χ1v) is 6.76. The summed E-state index contributed by atoms with van der Waals surface area (Å²) in [5, 5.41) is 12.7. The van der Waals surface area contributed by atoms with Crippen molar-refractivity contribution in [1.29, 1.82) is 5.26 Å². The van der Waals surface area contributed by atoms with Crippen molar-refractivity contribution < 1.29 is 0 Å². The smallest absolute Gasteiger partial charge is 0.101 e. The molecule has 2 heteroatoms. The maximum Gasteiger partial charge on any atom is 0.101 e. The zero-order chi connectivity index (χ0) is 13.2. The number of para-hydroxylation sites is 1. The lowest BCUT2D eigenvalue weighted by Crippen LogP contribution is -2.35. The van der Waals surface area contributed by atoms with Crippen LogP contribution in [0.4, 0.5) is 5.69 Å². The number of hydrogen-bond acceptors (Lipinski definition) is 2. The van der Waals surface area contributed by atoms with E-state index >= 15 is 0 Å². The lowest BCUT2D eigenvalue weighted by molar-refractivity contribution is 0.178. The quantitative estimate of drug-likeness (QED) is 0.844. The van der Waals surface area contributed by atoms with Crippen molar-refractivity contribution in [2.45, 2.75) is 46.1 Å². The highest BCUT2D eigenvalue weighted by Crippen LogP contribution is 2.39. The van der Waals surface area contributed by atoms with Gasteiger partial charge in [0.05, 0.1) is 11.3 Å². The van der Waals surface area contributed by atoms with Gasteiger partial charge in [-0.05, 0) is 42.7 Å². The molecule has 2 nitrogen and oxygen atoms in total. The maximum absolute atomic E-state index is 9.11. The zero-order valence-electron chi connectivity index (χ0n) is 11.5. The number of nitrogens with one attached hydrogen (secondary N) is 1. The van der Waals surface area contributed by atoms with Gasteiger partial charge in [-0.1, -0.05) is 32.9 Å². The van der Waals surface area contributed by atoms with Crippen LogP contribution in [0.1, 0.15) is 45.6 Å². The second kappa shape index (κ2) is 5.02. The van der Waals surface area contributed by atoms with E-state index in [0.29, 0.717) is 11.5 Å². The molecule has 1 saturated carbocycles. The predicted molar refractivity (Wildman–Crippen MR) is 75.4 cm³/mol. The van der Waals surface area contributed by atoms with E-state index in [-0.39, 0.29) is 0 Å². The Labute approximate surface area is 110 Å². The van der Waals surface area contributed by atoms with Crippen LogP contribution in [0.3, 0.4) is 0 Å². The highest BCUT2D eigenvalue weighted by molar-refractivity contribution is 5.57. The molecule has 2 atom stereocenters. The highest BCUT2D eigenvalue weighted by atomic mass is 14.9. The summed E-state index contributed by atoms with van der Waals surface area (Å²) in [5.74, 6) is 0.750. The van der Waals surface area contributed by atoms with Gasteiger partial charge in [0, 0.05) is 6.04 Å². The zero-order valence-corrected chi connectivity index (χ0v) is 11.5. The molecular weight excluding hydrogens is 220 g/mol. The fourth-order valence-corrected chi connectivity index (χ4v) is 3.38. The third-order valence-corrected chi connectivity index (χ3v) is 3.79. The van der Waals surface area contributed by atoms with Crippen molar-refractivity contribution in [3.05, 3.63) is 29.8 Å². The van der Waals surface area contributed by atoms with Crippen molar-refractivity contribution in [3.63, 3.8) is 0 Å². The predicted octanol–water partition coefficient (Wildman–Crippen LogP) is 4.18. The average molecular weight is 242 g/mol. The Morgan fingerprint density at radius 3 is 2.67 bits per heavy atom. The van der Waals surface area contributed by atoms with Crippen molar-refractivity contribution >= 4 is 5.69 Å². The van der Waals surface area contributed by atoms with Crippen LogP contribution in [0.2, 0.25) is 0 Å². The SMILES string of the molecule is CC1CC(Nc2ccccc2C#N)CC(C)(C)C1. The van der Waals surface area contributed by atoms with Gasteiger partial charge < -0.3 is 5.32 Å². The van der Waals surface area contributed by atoms with Gasteiger partial charge >= 0.3 is 0 Å². The molecule has 18 heavy (non-hydrogen) atoms. The van der Waals surface area contributed by atoms with Crippen molar-refractivity contribution in [3.8, 4) is 6.07 Å². The molecule has 0 bridgehead atoms. The van der Waals surface area contributed by atoms with E-state index < -0.39 is 0 Å². The standard InChI is InChI=1S/C16H22N2/c1-12-8-14(10-16(2,3)9-12)18-15-7-5-4-6-13(15)11-17/h4-7,12,14,18H,8-10H2,1-3H3. The monoisotopic (exact) mass is 242 g/mol. The number of anilines is 1. The summed E-state index contributed by atoms with van der Waals surface area (Å²) in [6.45, 7) is 7.01. The number of benzene rings is 1. The van der Waals surface area contributed by atoms with E-state index in [1.807, 2.05) is 24.3 Å². The Morgan fingerprint density at radius 1 is 1.28 bits per heavy atom. The first kappa shape index (κ1) is 13.0. The molecule has 0 saturated heterocycles. The highest BCUT2D eigenvalue weighted by Gasteiger charge is 2.32. The Bertz CT molecular complexity index is 456. The summed E-state index contributed by atoms with van der Waals surface area (Å²) in [6.07, 6.45) is 3.67. The van der Waals surface area contributed by atoms with Crippen LogP contribution in [0, 0.1) is 22.7 Å². The summed E-state index contributed by atoms with van der Waals surface area (Å²) in [5.41, 5.74) is 2.13. The molecule has 2 rings (SSSR count). The molecule has 1 aliphatic carbocycles. The lowest BCUT2D eigenvalue weighted by Gasteiger charge is -2.39. The second-order valence-corrected chi connectivity index (χ2v) is 6.41. The second-order valence-electron chi connectivity index (χ2n) is 6.41. The van der Waals surface area contributed by atoms with Gasteiger partial charge in [-0.2, -0.15) is 5.26 Å². The Hall–Kier alpha value is -1.49. The Balaban J connectivity index is 2.12. The number of nitrogens with zero attached hydrogens (tertiary/aromatic N) is 1. The van der Waals surface area contributed by atoms with Crippen molar-refractivity contribution in [1.82, 2.24) is 0 Å². The first-order valence-electron chi connectivity index (χ1n) is 6.76. The summed E-state index contributed by atoms with van der Waals surface area (Å²) in [6, 6.07) is 10.5. The van der Waals surface area contributed by atoms with E-state index in [4.69, 9.17) is 5.26 Å². The minimum atomic E-state index is 0.400. The van der Waals surface area contributed by atoms with E-state index in [0.717, 1.165) is 17.2 Å². The molecule has 1 aromatic carbocycles. The largest absolute Gasteiger partial charge is 0.381 e. The molecule has 1 fully saturated rings. The molecule has 96 valence electrons. The molecule has 0 spiro atoms. The third kappa shape index (κ3) is 3.04. The molecule has 1 N–H and O–H groups in total. The van der Waals surface area contributed by atoms with Crippen molar-refractivity contribution in [2.24, 2.45) is 11.3 Å². The van der Waals surface area contributed by atoms with Crippen LogP contribution in [-0.2, 0) is 0 Å².